The van der Waals surface area contributed by atoms with Gasteiger partial charge >= 0.3 is 0 Å². The monoisotopic (exact) mass is 1060 g/mol. The molecule has 2 amide bonds. The second-order valence-electron chi connectivity index (χ2n) is 20.5. The highest BCUT2D eigenvalue weighted by Crippen LogP contribution is 2.29. The number of rotatable bonds is 8. The zero-order chi connectivity index (χ0) is 55.3. The van der Waals surface area contributed by atoms with Gasteiger partial charge in [0.05, 0.1) is 22.9 Å². The number of nitrogen functional groups attached to an aromatic ring is 2. The Kier molecular flexibility index (Phi) is 15.1. The molecule has 0 radical (unpaired) electrons. The first-order valence-electron chi connectivity index (χ1n) is 27.3. The number of para-hydroxylation sites is 2. The Hall–Kier alpha value is -9.80. The van der Waals surface area contributed by atoms with Gasteiger partial charge in [0.1, 0.15) is 11.1 Å². The summed E-state index contributed by atoms with van der Waals surface area (Å²) in [4.78, 5) is 63.8. The van der Waals surface area contributed by atoms with Gasteiger partial charge < -0.3 is 22.1 Å². The van der Waals surface area contributed by atoms with E-state index in [0.29, 0.717) is 56.7 Å². The Balaban J connectivity index is 0.000000169. The number of nitrogens with two attached hydrogens (primary N) is 2. The Morgan fingerprint density at radius 2 is 0.938 bits per heavy atom. The second-order valence-corrected chi connectivity index (χ2v) is 20.5. The van der Waals surface area contributed by atoms with Crippen LogP contribution in [0.2, 0.25) is 0 Å². The van der Waals surface area contributed by atoms with Crippen molar-refractivity contribution in [2.24, 2.45) is 11.8 Å². The number of anilines is 2. The minimum atomic E-state index is -0.542. The number of pyridine rings is 2. The fraction of sp³-hybridized carbons (Fsp3) is 0.250. The van der Waals surface area contributed by atoms with E-state index in [-0.39, 0.29) is 33.9 Å². The second kappa shape index (κ2) is 23.0. The molecule has 80 heavy (non-hydrogen) atoms. The van der Waals surface area contributed by atoms with Crippen LogP contribution in [0, 0.1) is 35.5 Å². The molecule has 400 valence electrons. The van der Waals surface area contributed by atoms with Crippen LogP contribution in [-0.2, 0) is 0 Å². The van der Waals surface area contributed by atoms with E-state index in [1.165, 1.54) is 47.6 Å². The largest absolute Gasteiger partial charge is 0.381 e. The molecule has 0 unspecified atom stereocenters. The molecule has 0 aliphatic heterocycles. The molecule has 6 N–H and O–H groups in total. The third-order valence-corrected chi connectivity index (χ3v) is 15.1. The molecule has 10 aromatic rings. The summed E-state index contributed by atoms with van der Waals surface area (Å²) in [5.74, 6) is 13.6. The van der Waals surface area contributed by atoms with Gasteiger partial charge in [-0.1, -0.05) is 123 Å². The van der Waals surface area contributed by atoms with Gasteiger partial charge in [0.2, 0.25) is 0 Å². The van der Waals surface area contributed by atoms with Gasteiger partial charge in [-0.05, 0) is 111 Å². The molecule has 2 fully saturated rings. The molecule has 2 aliphatic carbocycles. The maximum absolute atomic E-state index is 14.2. The Bertz CT molecular complexity index is 3950. The summed E-state index contributed by atoms with van der Waals surface area (Å²) in [6.07, 6.45) is 18.4. The number of aromatic nitrogens is 8. The average molecular weight is 1060 g/mol. The predicted molar refractivity (Wildman–Crippen MR) is 313 cm³/mol. The fourth-order valence-electron chi connectivity index (χ4n) is 11.1. The average Bonchev–Trinajstić information content (AvgIpc) is 4.10. The topological polar surface area (TPSA) is 215 Å². The number of hydrogen-bond acceptors (Lipinski definition) is 10. The lowest BCUT2D eigenvalue weighted by Crippen LogP contribution is -2.32. The molecule has 6 aromatic heterocycles. The summed E-state index contributed by atoms with van der Waals surface area (Å²) in [7, 11) is 0. The van der Waals surface area contributed by atoms with E-state index in [0.717, 1.165) is 47.6 Å². The summed E-state index contributed by atoms with van der Waals surface area (Å²) < 4.78 is 6.27. The lowest BCUT2D eigenvalue weighted by atomic mass is 9.89. The van der Waals surface area contributed by atoms with Gasteiger partial charge in [-0.3, -0.25) is 28.3 Å². The Morgan fingerprint density at radius 1 is 0.537 bits per heavy atom. The SMILES string of the molecule is C[C@H](NC(=O)c1c(N)nn2cccnc12)c1cc2cccc(C#CC3CCCCC3)c2c(=O)n1-c1ccccc1.C[C@H](NC(=O)c1c(N)nn2cccnc12)c1cc2cccc(C#CC3CCCCC3)c2c(=O)n1-c1ccccc1. The van der Waals surface area contributed by atoms with Crippen LogP contribution in [0.5, 0.6) is 0 Å². The molecule has 4 aromatic carbocycles. The molecule has 0 saturated heterocycles. The van der Waals surface area contributed by atoms with Crippen LogP contribution in [0.1, 0.15) is 133 Å². The van der Waals surface area contributed by atoms with E-state index < -0.39 is 23.9 Å². The minimum Gasteiger partial charge on any atom is -0.381 e. The van der Waals surface area contributed by atoms with Crippen LogP contribution in [-0.4, -0.2) is 50.1 Å². The molecule has 0 spiro atoms. The molecule has 12 rings (SSSR count). The molecule has 2 aliphatic rings. The first kappa shape index (κ1) is 52.3. The minimum absolute atomic E-state index is 0.0866. The lowest BCUT2D eigenvalue weighted by molar-refractivity contribution is 0.0932. The highest BCUT2D eigenvalue weighted by atomic mass is 16.2. The number of hydrogen-bond donors (Lipinski definition) is 4. The number of carbonyl (C=O) groups is 2. The van der Waals surface area contributed by atoms with Crippen molar-refractivity contribution >= 4 is 56.3 Å². The lowest BCUT2D eigenvalue weighted by Gasteiger charge is -2.21. The van der Waals surface area contributed by atoms with Gasteiger partial charge in [-0.25, -0.2) is 19.0 Å². The predicted octanol–water partition coefficient (Wildman–Crippen LogP) is 10.1. The first-order valence-corrected chi connectivity index (χ1v) is 27.3. The maximum Gasteiger partial charge on any atom is 0.264 e. The van der Waals surface area contributed by atoms with Crippen LogP contribution in [0.3, 0.4) is 0 Å². The molecule has 2 saturated carbocycles. The standard InChI is InChI=1S/2C32H30N6O2/c2*1-21(35-31(39)28-29(33)36-37-19-9-18-34-30(28)37)26-20-24-13-8-12-23(17-16-22-10-4-2-5-11-22)27(24)32(40)38(26)25-14-6-3-7-15-25/h2*3,6-9,12-15,18-22H,2,4-5,10-11H2,1H3,(H2,33,36)(H,35,39)/t2*21-/m00/s1. The van der Waals surface area contributed by atoms with Crippen molar-refractivity contribution in [3.05, 3.63) is 200 Å². The first-order chi connectivity index (χ1) is 39.0. The van der Waals surface area contributed by atoms with E-state index in [1.54, 1.807) is 46.1 Å². The summed E-state index contributed by atoms with van der Waals surface area (Å²) in [6.45, 7) is 3.69. The van der Waals surface area contributed by atoms with Gasteiger partial charge in [0, 0.05) is 70.5 Å². The zero-order valence-corrected chi connectivity index (χ0v) is 44.6. The number of benzene rings is 4. The van der Waals surface area contributed by atoms with Crippen LogP contribution in [0.15, 0.2) is 156 Å². The normalized spacial score (nSPS) is 14.5. The summed E-state index contributed by atoms with van der Waals surface area (Å²) in [5.41, 5.74) is 17.1. The van der Waals surface area contributed by atoms with E-state index in [9.17, 15) is 19.2 Å². The van der Waals surface area contributed by atoms with Crippen molar-refractivity contribution < 1.29 is 9.59 Å². The number of carbonyl (C=O) groups excluding carboxylic acids is 2. The molecule has 2 atom stereocenters. The van der Waals surface area contributed by atoms with E-state index in [2.05, 4.69) is 54.5 Å². The number of fused-ring (bicyclic) bond motifs is 4. The highest BCUT2D eigenvalue weighted by molar-refractivity contribution is 6.05. The quantitative estimate of drug-likeness (QED) is 0.106. The molecular weight excluding hydrogens is 1000 g/mol. The summed E-state index contributed by atoms with van der Waals surface area (Å²) in [6, 6.07) is 36.7. The van der Waals surface area contributed by atoms with E-state index >= 15 is 0 Å². The fourth-order valence-corrected chi connectivity index (χ4v) is 11.1. The number of nitrogens with zero attached hydrogens (tertiary/aromatic N) is 8. The van der Waals surface area contributed by atoms with Crippen LogP contribution in [0.4, 0.5) is 11.6 Å². The van der Waals surface area contributed by atoms with Crippen LogP contribution < -0.4 is 33.2 Å². The Labute approximate surface area is 461 Å². The van der Waals surface area contributed by atoms with Gasteiger partial charge in [-0.15, -0.1) is 10.2 Å². The molecule has 16 heteroatoms. The molecule has 16 nitrogen and oxygen atoms in total. The maximum atomic E-state index is 14.2. The van der Waals surface area contributed by atoms with Crippen molar-refractivity contribution in [3.8, 4) is 35.1 Å². The van der Waals surface area contributed by atoms with Gasteiger partial charge in [0.25, 0.3) is 22.9 Å². The highest BCUT2D eigenvalue weighted by Gasteiger charge is 2.26. The number of nitrogens with one attached hydrogen (secondary N) is 2. The van der Waals surface area contributed by atoms with Crippen molar-refractivity contribution in [1.29, 1.82) is 0 Å². The van der Waals surface area contributed by atoms with Crippen molar-refractivity contribution in [1.82, 2.24) is 49.0 Å². The molecular formula is C64H60N12O4. The van der Waals surface area contributed by atoms with E-state index in [1.807, 2.05) is 123 Å². The van der Waals surface area contributed by atoms with Crippen LogP contribution in [0.25, 0.3) is 44.2 Å². The van der Waals surface area contributed by atoms with Crippen molar-refractivity contribution in [2.75, 3.05) is 11.5 Å². The number of amides is 2. The van der Waals surface area contributed by atoms with Crippen LogP contribution >= 0.6 is 0 Å². The van der Waals surface area contributed by atoms with Gasteiger partial charge in [-0.2, -0.15) is 0 Å². The van der Waals surface area contributed by atoms with E-state index in [4.69, 9.17) is 11.5 Å². The summed E-state index contributed by atoms with van der Waals surface area (Å²) >= 11 is 0. The Morgan fingerprint density at radius 3 is 1.34 bits per heavy atom. The smallest absolute Gasteiger partial charge is 0.264 e. The molecule has 0 bridgehead atoms. The van der Waals surface area contributed by atoms with Crippen molar-refractivity contribution in [3.63, 3.8) is 0 Å². The van der Waals surface area contributed by atoms with Crippen molar-refractivity contribution in [2.45, 2.75) is 90.1 Å². The summed E-state index contributed by atoms with van der Waals surface area (Å²) in [5, 5.41) is 17.1. The zero-order valence-electron chi connectivity index (χ0n) is 44.6. The molecule has 6 heterocycles. The third-order valence-electron chi connectivity index (χ3n) is 15.1. The van der Waals surface area contributed by atoms with Gasteiger partial charge in [0.15, 0.2) is 22.9 Å². The third kappa shape index (κ3) is 10.6.